The van der Waals surface area contributed by atoms with E-state index in [4.69, 9.17) is 19.3 Å². The van der Waals surface area contributed by atoms with Crippen molar-refractivity contribution in [2.24, 2.45) is 0 Å². The van der Waals surface area contributed by atoms with E-state index in [9.17, 15) is 19.3 Å². The molecule has 0 spiro atoms. The largest absolute Gasteiger partial charge is 0.470 e. The van der Waals surface area contributed by atoms with E-state index < -0.39 is 50.2 Å². The molecule has 11 nitrogen and oxygen atoms in total. The molecule has 0 radical (unpaired) electrons. The Kier molecular flexibility index (Phi) is 5.61. The third-order valence-electron chi connectivity index (χ3n) is 3.15. The summed E-state index contributed by atoms with van der Waals surface area (Å²) in [7, 11) is -4.94. The minimum atomic E-state index is -4.94. The van der Waals surface area contributed by atoms with E-state index in [0.29, 0.717) is 0 Å². The molecular formula is C12H15N2O9P. The first-order valence-electron chi connectivity index (χ1n) is 6.66. The predicted molar refractivity (Wildman–Crippen MR) is 77.6 cm³/mol. The Morgan fingerprint density at radius 2 is 2.12 bits per heavy atom. The third kappa shape index (κ3) is 4.12. The van der Waals surface area contributed by atoms with Crippen LogP contribution >= 0.6 is 7.82 Å². The van der Waals surface area contributed by atoms with Crippen molar-refractivity contribution in [1.29, 1.82) is 0 Å². The van der Waals surface area contributed by atoms with Gasteiger partial charge >= 0.3 is 13.5 Å². The first kappa shape index (κ1) is 18.4. The molecule has 0 aromatic carbocycles. The SMILES string of the molecule is CC#CO[C@@H]1[C@H](OP(=O)(O)O)[C@@H](CO)O[C@H]1n1ccc(=O)[nH]c1=O. The molecule has 12 heteroatoms. The molecule has 0 saturated carbocycles. The van der Waals surface area contributed by atoms with Gasteiger partial charge in [0.25, 0.3) is 5.56 Å². The lowest BCUT2D eigenvalue weighted by molar-refractivity contribution is -0.0548. The van der Waals surface area contributed by atoms with Crippen LogP contribution in [0.15, 0.2) is 21.9 Å². The van der Waals surface area contributed by atoms with Crippen molar-refractivity contribution in [3.63, 3.8) is 0 Å². The van der Waals surface area contributed by atoms with Crippen LogP contribution in [0.25, 0.3) is 0 Å². The van der Waals surface area contributed by atoms with E-state index in [1.165, 1.54) is 6.92 Å². The van der Waals surface area contributed by atoms with Crippen LogP contribution in [0.3, 0.4) is 0 Å². The number of ether oxygens (including phenoxy) is 2. The summed E-state index contributed by atoms with van der Waals surface area (Å²) in [5.41, 5.74) is -1.47. The second kappa shape index (κ2) is 7.31. The number of aliphatic hydroxyl groups is 1. The molecule has 0 bridgehead atoms. The maximum Gasteiger partial charge on any atom is 0.470 e. The van der Waals surface area contributed by atoms with Gasteiger partial charge in [-0.15, -0.1) is 0 Å². The van der Waals surface area contributed by atoms with Crippen molar-refractivity contribution in [2.45, 2.75) is 31.5 Å². The van der Waals surface area contributed by atoms with Gasteiger partial charge in [-0.05, 0) is 0 Å². The van der Waals surface area contributed by atoms with E-state index in [0.717, 1.165) is 16.8 Å². The zero-order chi connectivity index (χ0) is 17.9. The molecule has 2 heterocycles. The van der Waals surface area contributed by atoms with E-state index in [-0.39, 0.29) is 0 Å². The molecule has 4 N–H and O–H groups in total. The molecule has 1 aromatic heterocycles. The minimum Gasteiger partial charge on any atom is -0.436 e. The third-order valence-corrected chi connectivity index (χ3v) is 3.66. The molecule has 0 unspecified atom stereocenters. The normalized spacial score (nSPS) is 26.7. The van der Waals surface area contributed by atoms with Gasteiger partial charge in [0.15, 0.2) is 12.3 Å². The summed E-state index contributed by atoms with van der Waals surface area (Å²) in [5.74, 6) is 2.42. The molecule has 4 atom stereocenters. The number of phosphoric ester groups is 1. The first-order valence-corrected chi connectivity index (χ1v) is 8.19. The number of aliphatic hydroxyl groups excluding tert-OH is 1. The summed E-state index contributed by atoms with van der Waals surface area (Å²) < 4.78 is 27.3. The average molecular weight is 362 g/mol. The Morgan fingerprint density at radius 1 is 1.42 bits per heavy atom. The van der Waals surface area contributed by atoms with Gasteiger partial charge in [-0.25, -0.2) is 9.36 Å². The number of nitrogens with one attached hydrogen (secondary N) is 1. The fourth-order valence-corrected chi connectivity index (χ4v) is 2.82. The van der Waals surface area contributed by atoms with Crippen LogP contribution in [0.2, 0.25) is 0 Å². The summed E-state index contributed by atoms with van der Waals surface area (Å²) in [5, 5.41) is 9.36. The summed E-state index contributed by atoms with van der Waals surface area (Å²) in [6.07, 6.45) is -1.70. The fraction of sp³-hybridized carbons (Fsp3) is 0.500. The molecular weight excluding hydrogens is 347 g/mol. The van der Waals surface area contributed by atoms with Gasteiger partial charge in [0, 0.05) is 19.2 Å². The van der Waals surface area contributed by atoms with Crippen LogP contribution in [0.4, 0.5) is 0 Å². The van der Waals surface area contributed by atoms with Gasteiger partial charge in [0.2, 0.25) is 0 Å². The van der Waals surface area contributed by atoms with Crippen LogP contribution in [0.5, 0.6) is 0 Å². The van der Waals surface area contributed by atoms with Crippen LogP contribution in [0, 0.1) is 12.0 Å². The molecule has 0 amide bonds. The average Bonchev–Trinajstić information content (AvgIpc) is 2.81. The van der Waals surface area contributed by atoms with Crippen molar-refractivity contribution < 1.29 is 33.5 Å². The highest BCUT2D eigenvalue weighted by Crippen LogP contribution is 2.44. The van der Waals surface area contributed by atoms with E-state index >= 15 is 0 Å². The molecule has 2 rings (SSSR count). The molecule has 1 aliphatic rings. The van der Waals surface area contributed by atoms with E-state index in [1.54, 1.807) is 0 Å². The number of phosphoric acid groups is 1. The van der Waals surface area contributed by atoms with Crippen molar-refractivity contribution in [1.82, 2.24) is 9.55 Å². The van der Waals surface area contributed by atoms with Gasteiger partial charge in [0.1, 0.15) is 18.3 Å². The number of hydrogen-bond acceptors (Lipinski definition) is 7. The summed E-state index contributed by atoms with van der Waals surface area (Å²) in [6.45, 7) is 0.804. The smallest absolute Gasteiger partial charge is 0.436 e. The van der Waals surface area contributed by atoms with Crippen LogP contribution < -0.4 is 11.2 Å². The van der Waals surface area contributed by atoms with Crippen molar-refractivity contribution in [2.75, 3.05) is 6.61 Å². The predicted octanol–water partition coefficient (Wildman–Crippen LogP) is -1.73. The highest BCUT2D eigenvalue weighted by molar-refractivity contribution is 7.46. The zero-order valence-corrected chi connectivity index (χ0v) is 13.3. The lowest BCUT2D eigenvalue weighted by Gasteiger charge is -2.22. The lowest BCUT2D eigenvalue weighted by Crippen LogP contribution is -2.39. The summed E-state index contributed by atoms with van der Waals surface area (Å²) >= 11 is 0. The number of aromatic amines is 1. The van der Waals surface area contributed by atoms with Gasteiger partial charge in [0.05, 0.1) is 6.61 Å². The lowest BCUT2D eigenvalue weighted by atomic mass is 10.1. The number of H-pyrrole nitrogens is 1. The Bertz CT molecular complexity index is 801. The van der Waals surface area contributed by atoms with Crippen LogP contribution in [-0.2, 0) is 18.6 Å². The maximum absolute atomic E-state index is 11.9. The van der Waals surface area contributed by atoms with E-state index in [2.05, 4.69) is 16.6 Å². The Hall–Kier alpha value is -1.93. The van der Waals surface area contributed by atoms with Crippen molar-refractivity contribution in [3.05, 3.63) is 33.1 Å². The van der Waals surface area contributed by atoms with Crippen molar-refractivity contribution in [3.8, 4) is 12.0 Å². The second-order valence-electron chi connectivity index (χ2n) is 4.76. The fourth-order valence-electron chi connectivity index (χ4n) is 2.24. The Morgan fingerprint density at radius 3 is 2.67 bits per heavy atom. The molecule has 24 heavy (non-hydrogen) atoms. The number of aromatic nitrogens is 2. The van der Waals surface area contributed by atoms with Gasteiger partial charge < -0.3 is 24.4 Å². The highest BCUT2D eigenvalue weighted by atomic mass is 31.2. The number of rotatable bonds is 5. The zero-order valence-electron chi connectivity index (χ0n) is 12.4. The van der Waals surface area contributed by atoms with Gasteiger partial charge in [-0.1, -0.05) is 5.92 Å². The topological polar surface area (TPSA) is 160 Å². The minimum absolute atomic E-state index is 0.637. The number of hydrogen-bond donors (Lipinski definition) is 4. The van der Waals surface area contributed by atoms with E-state index in [1.807, 2.05) is 4.98 Å². The summed E-state index contributed by atoms with van der Waals surface area (Å²) in [6, 6.07) is 1.05. The maximum atomic E-state index is 11.9. The quantitative estimate of drug-likeness (QED) is 0.352. The monoisotopic (exact) mass is 362 g/mol. The summed E-state index contributed by atoms with van der Waals surface area (Å²) in [4.78, 5) is 43.1. The Balaban J connectivity index is 2.44. The first-order chi connectivity index (χ1) is 11.3. The molecule has 132 valence electrons. The molecule has 1 aliphatic heterocycles. The molecule has 1 fully saturated rings. The van der Waals surface area contributed by atoms with Crippen molar-refractivity contribution >= 4 is 7.82 Å². The van der Waals surface area contributed by atoms with Gasteiger partial charge in [-0.2, -0.15) is 0 Å². The van der Waals surface area contributed by atoms with Crippen LogP contribution in [0.1, 0.15) is 13.2 Å². The molecule has 1 aromatic rings. The highest BCUT2D eigenvalue weighted by Gasteiger charge is 2.50. The number of nitrogens with zero attached hydrogens (tertiary/aromatic N) is 1. The molecule has 1 saturated heterocycles. The standard InChI is InChI=1S/C12H15N2O9P/c1-2-5-21-10-9(23-24(18,19)20)7(6-15)22-11(10)14-4-3-8(16)13-12(14)17/h3-4,7,9-11,15H,6H2,1H3,(H,13,16,17)(H2,18,19,20)/t7-,9-,10-,11-/m1/s1. The van der Waals surface area contributed by atoms with Crippen LogP contribution in [-0.4, -0.2) is 49.4 Å². The second-order valence-corrected chi connectivity index (χ2v) is 5.95. The Labute approximate surface area is 135 Å². The van der Waals surface area contributed by atoms with Gasteiger partial charge in [-0.3, -0.25) is 18.9 Å². The molecule has 0 aliphatic carbocycles.